The fourth-order valence-corrected chi connectivity index (χ4v) is 7.71. The molecule has 0 aromatic carbocycles. The topological polar surface area (TPSA) is 12.4 Å². The molecule has 2 aliphatic rings. The highest BCUT2D eigenvalue weighted by Crippen LogP contribution is 2.34. The SMILES string of the molecule is C[Si](C)(C)SC1CCCCC1=NC1CCCC1. The van der Waals surface area contributed by atoms with Gasteiger partial charge in [0.05, 0.1) is 0 Å². The summed E-state index contributed by atoms with van der Waals surface area (Å²) in [4.78, 5) is 5.12. The van der Waals surface area contributed by atoms with Gasteiger partial charge in [-0.3, -0.25) is 4.99 Å². The molecule has 0 radical (unpaired) electrons. The van der Waals surface area contributed by atoms with Crippen LogP contribution in [0.2, 0.25) is 19.6 Å². The van der Waals surface area contributed by atoms with Crippen LogP contribution in [0.5, 0.6) is 0 Å². The van der Waals surface area contributed by atoms with E-state index in [0.717, 1.165) is 5.25 Å². The lowest BCUT2D eigenvalue weighted by Crippen LogP contribution is -2.30. The largest absolute Gasteiger partial charge is 0.290 e. The van der Waals surface area contributed by atoms with Gasteiger partial charge in [0.2, 0.25) is 0 Å². The number of aliphatic imine (C=N–C) groups is 1. The van der Waals surface area contributed by atoms with Gasteiger partial charge in [-0.05, 0) is 32.1 Å². The van der Waals surface area contributed by atoms with Crippen molar-refractivity contribution in [2.75, 3.05) is 0 Å². The molecular formula is C14H27NSSi. The lowest BCUT2D eigenvalue weighted by molar-refractivity contribution is 0.648. The Balaban J connectivity index is 2.00. The molecule has 0 bridgehead atoms. The molecule has 0 spiro atoms. The molecule has 1 nitrogen and oxygen atoms in total. The minimum absolute atomic E-state index is 0.688. The molecule has 2 saturated carbocycles. The van der Waals surface area contributed by atoms with Gasteiger partial charge in [0, 0.05) is 17.0 Å². The van der Waals surface area contributed by atoms with E-state index in [2.05, 4.69) is 30.9 Å². The summed E-state index contributed by atoms with van der Waals surface area (Å²) in [5.41, 5.74) is 1.58. The van der Waals surface area contributed by atoms with Crippen LogP contribution in [0.1, 0.15) is 51.4 Å². The smallest absolute Gasteiger partial charge is 0.109 e. The first-order chi connectivity index (χ1) is 8.04. The lowest BCUT2D eigenvalue weighted by Gasteiger charge is -2.29. The monoisotopic (exact) mass is 269 g/mol. The maximum atomic E-state index is 5.12. The summed E-state index contributed by atoms with van der Waals surface area (Å²) in [6.45, 7) is 7.42. The molecule has 2 rings (SSSR count). The van der Waals surface area contributed by atoms with E-state index in [9.17, 15) is 0 Å². The molecule has 0 amide bonds. The van der Waals surface area contributed by atoms with Gasteiger partial charge in [0.25, 0.3) is 0 Å². The molecule has 0 saturated heterocycles. The van der Waals surface area contributed by atoms with Crippen molar-refractivity contribution in [3.8, 4) is 0 Å². The van der Waals surface area contributed by atoms with Gasteiger partial charge in [0.15, 0.2) is 0 Å². The van der Waals surface area contributed by atoms with Crippen molar-refractivity contribution in [3.05, 3.63) is 0 Å². The van der Waals surface area contributed by atoms with Gasteiger partial charge in [-0.25, -0.2) is 0 Å². The zero-order valence-corrected chi connectivity index (χ0v) is 13.5. The molecule has 17 heavy (non-hydrogen) atoms. The minimum atomic E-state index is -1.01. The molecule has 0 N–H and O–H groups in total. The Morgan fingerprint density at radius 3 is 2.29 bits per heavy atom. The van der Waals surface area contributed by atoms with Gasteiger partial charge in [-0.1, -0.05) is 38.9 Å². The Kier molecular flexibility index (Phi) is 4.76. The first kappa shape index (κ1) is 13.7. The molecule has 2 fully saturated rings. The van der Waals surface area contributed by atoms with Crippen molar-refractivity contribution in [1.29, 1.82) is 0 Å². The van der Waals surface area contributed by atoms with E-state index in [0.29, 0.717) is 6.04 Å². The summed E-state index contributed by atoms with van der Waals surface area (Å²) >= 11 is 2.28. The van der Waals surface area contributed by atoms with Crippen molar-refractivity contribution < 1.29 is 0 Å². The Labute approximate surface area is 112 Å². The molecule has 0 aromatic heterocycles. The van der Waals surface area contributed by atoms with Crippen LogP contribution in [-0.4, -0.2) is 24.2 Å². The van der Waals surface area contributed by atoms with Crippen molar-refractivity contribution in [2.45, 2.75) is 82.3 Å². The first-order valence-electron chi connectivity index (χ1n) is 7.29. The van der Waals surface area contributed by atoms with Crippen LogP contribution in [0.25, 0.3) is 0 Å². The highest BCUT2D eigenvalue weighted by Gasteiger charge is 2.28. The standard InChI is InChI=1S/C14H27NSSi/c1-17(2,3)16-14-11-7-6-10-13(14)15-12-8-4-5-9-12/h12,14H,4-11H2,1-3H3. The summed E-state index contributed by atoms with van der Waals surface area (Å²) in [5.74, 6) is 0. The van der Waals surface area contributed by atoms with Crippen molar-refractivity contribution in [3.63, 3.8) is 0 Å². The highest BCUT2D eigenvalue weighted by atomic mass is 32.4. The molecular weight excluding hydrogens is 242 g/mol. The molecule has 98 valence electrons. The van der Waals surface area contributed by atoms with Gasteiger partial charge >= 0.3 is 0 Å². The Morgan fingerprint density at radius 1 is 1.00 bits per heavy atom. The zero-order chi connectivity index (χ0) is 12.3. The van der Waals surface area contributed by atoms with Crippen LogP contribution in [0, 0.1) is 0 Å². The fourth-order valence-electron chi connectivity index (χ4n) is 2.93. The second kappa shape index (κ2) is 5.92. The van der Waals surface area contributed by atoms with E-state index in [1.54, 1.807) is 5.71 Å². The number of rotatable bonds is 3. The molecule has 1 atom stereocenters. The lowest BCUT2D eigenvalue weighted by atomic mass is 9.97. The fraction of sp³-hybridized carbons (Fsp3) is 0.929. The second-order valence-corrected chi connectivity index (χ2v) is 15.9. The molecule has 0 aliphatic heterocycles. The average molecular weight is 270 g/mol. The summed E-state index contributed by atoms with van der Waals surface area (Å²) in [6, 6.07) is 0.688. The van der Waals surface area contributed by atoms with E-state index in [4.69, 9.17) is 4.99 Å². The van der Waals surface area contributed by atoms with Crippen LogP contribution in [-0.2, 0) is 0 Å². The van der Waals surface area contributed by atoms with Crippen LogP contribution in [0.3, 0.4) is 0 Å². The van der Waals surface area contributed by atoms with Crippen LogP contribution in [0.15, 0.2) is 4.99 Å². The van der Waals surface area contributed by atoms with Gasteiger partial charge < -0.3 is 0 Å². The van der Waals surface area contributed by atoms with E-state index in [-0.39, 0.29) is 0 Å². The quantitative estimate of drug-likeness (QED) is 0.665. The van der Waals surface area contributed by atoms with Gasteiger partial charge in [-0.2, -0.15) is 11.2 Å². The Morgan fingerprint density at radius 2 is 1.65 bits per heavy atom. The van der Waals surface area contributed by atoms with Gasteiger partial charge in [-0.15, -0.1) is 0 Å². The number of nitrogens with zero attached hydrogens (tertiary/aromatic N) is 1. The van der Waals surface area contributed by atoms with Crippen LogP contribution < -0.4 is 0 Å². The second-order valence-electron chi connectivity index (χ2n) is 6.52. The molecule has 1 unspecified atom stereocenters. The zero-order valence-electron chi connectivity index (χ0n) is 11.7. The summed E-state index contributed by atoms with van der Waals surface area (Å²) < 4.78 is 0. The summed E-state index contributed by atoms with van der Waals surface area (Å²) in [6.07, 6.45) is 11.0. The normalized spacial score (nSPS) is 30.1. The van der Waals surface area contributed by atoms with Gasteiger partial charge in [0.1, 0.15) is 7.22 Å². The third-order valence-electron chi connectivity index (χ3n) is 3.69. The average Bonchev–Trinajstić information content (AvgIpc) is 2.71. The number of hydrogen-bond donors (Lipinski definition) is 0. The summed E-state index contributed by atoms with van der Waals surface area (Å²) in [5, 5.41) is 0.774. The molecule has 0 heterocycles. The predicted molar refractivity (Wildman–Crippen MR) is 82.9 cm³/mol. The number of hydrogen-bond acceptors (Lipinski definition) is 2. The van der Waals surface area contributed by atoms with Crippen LogP contribution >= 0.6 is 11.2 Å². The van der Waals surface area contributed by atoms with Crippen molar-refractivity contribution in [1.82, 2.24) is 0 Å². The predicted octanol–water partition coefficient (Wildman–Crippen LogP) is 4.88. The van der Waals surface area contributed by atoms with E-state index < -0.39 is 7.22 Å². The minimum Gasteiger partial charge on any atom is -0.290 e. The molecule has 3 heteroatoms. The van der Waals surface area contributed by atoms with E-state index in [1.165, 1.54) is 51.4 Å². The van der Waals surface area contributed by atoms with Crippen LogP contribution in [0.4, 0.5) is 0 Å². The summed E-state index contributed by atoms with van der Waals surface area (Å²) in [7, 11) is -1.01. The highest BCUT2D eigenvalue weighted by molar-refractivity contribution is 8.29. The third-order valence-corrected chi connectivity index (χ3v) is 8.16. The maximum Gasteiger partial charge on any atom is 0.109 e. The maximum absolute atomic E-state index is 5.12. The van der Waals surface area contributed by atoms with Crippen molar-refractivity contribution in [2.24, 2.45) is 4.99 Å². The third kappa shape index (κ3) is 4.44. The van der Waals surface area contributed by atoms with E-state index >= 15 is 0 Å². The van der Waals surface area contributed by atoms with Crippen molar-refractivity contribution >= 4 is 24.1 Å². The Hall–Kier alpha value is 0.237. The van der Waals surface area contributed by atoms with E-state index in [1.807, 2.05) is 0 Å². The molecule has 0 aromatic rings. The Bertz CT molecular complexity index is 276. The molecule has 2 aliphatic carbocycles. The first-order valence-corrected chi connectivity index (χ1v) is 12.4.